The van der Waals surface area contributed by atoms with Crippen molar-refractivity contribution in [1.82, 2.24) is 4.90 Å². The molecular weight excluding hydrogens is 406 g/mol. The summed E-state index contributed by atoms with van der Waals surface area (Å²) in [5.74, 6) is -3.80. The molecule has 11 heteroatoms. The molecule has 31 heavy (non-hydrogen) atoms. The number of esters is 1. The maximum atomic E-state index is 13.1. The third kappa shape index (κ3) is 3.28. The standard InChI is InChI=1S/C20H19N5O6/c1-2-31-19(28)20(10-21)14-7-6-12(17(22)26)9-24(14)16(18(23)27)15(20)11-4-3-5-13(8-11)25(29)30/h3-9,14-16H,2H2,1H3,(H2,22,26)(H2,23,27)/t14-,15-,16+,20+/m0/s1. The highest BCUT2D eigenvalue weighted by Gasteiger charge is 2.66. The van der Waals surface area contributed by atoms with Crippen molar-refractivity contribution in [2.75, 3.05) is 6.61 Å². The molecule has 2 aliphatic heterocycles. The number of nitro groups is 1. The van der Waals surface area contributed by atoms with Crippen LogP contribution < -0.4 is 11.5 Å². The second-order valence-corrected chi connectivity index (χ2v) is 7.08. The van der Waals surface area contributed by atoms with Crippen LogP contribution in [0.4, 0.5) is 5.69 Å². The van der Waals surface area contributed by atoms with Crippen molar-refractivity contribution >= 4 is 23.5 Å². The minimum atomic E-state index is -1.97. The topological polar surface area (TPSA) is 183 Å². The van der Waals surface area contributed by atoms with E-state index in [9.17, 15) is 29.8 Å². The maximum Gasteiger partial charge on any atom is 0.329 e. The van der Waals surface area contributed by atoms with E-state index < -0.39 is 46.1 Å². The number of rotatable bonds is 6. The van der Waals surface area contributed by atoms with Crippen molar-refractivity contribution in [1.29, 1.82) is 5.26 Å². The average Bonchev–Trinajstić information content (AvgIpc) is 3.04. The Hall–Kier alpha value is -4.20. The number of non-ortho nitro benzene ring substituents is 1. The predicted molar refractivity (Wildman–Crippen MR) is 106 cm³/mol. The largest absolute Gasteiger partial charge is 0.465 e. The molecule has 4 N–H and O–H groups in total. The molecule has 3 rings (SSSR count). The smallest absolute Gasteiger partial charge is 0.329 e. The van der Waals surface area contributed by atoms with Gasteiger partial charge in [0.2, 0.25) is 11.8 Å². The Labute approximate surface area is 176 Å². The summed E-state index contributed by atoms with van der Waals surface area (Å²) in [5.41, 5.74) is 8.97. The second-order valence-electron chi connectivity index (χ2n) is 7.08. The lowest BCUT2D eigenvalue weighted by atomic mass is 9.68. The Morgan fingerprint density at radius 1 is 1.35 bits per heavy atom. The van der Waals surface area contributed by atoms with Gasteiger partial charge >= 0.3 is 5.97 Å². The van der Waals surface area contributed by atoms with E-state index in [2.05, 4.69) is 0 Å². The summed E-state index contributed by atoms with van der Waals surface area (Å²) < 4.78 is 5.18. The van der Waals surface area contributed by atoms with Crippen LogP contribution in [0.1, 0.15) is 18.4 Å². The van der Waals surface area contributed by atoms with Crippen LogP contribution in [0.25, 0.3) is 0 Å². The number of nitro benzene ring substituents is 1. The van der Waals surface area contributed by atoms with E-state index in [1.807, 2.05) is 6.07 Å². The molecule has 1 aromatic carbocycles. The van der Waals surface area contributed by atoms with Crippen LogP contribution in [0.3, 0.4) is 0 Å². The molecule has 160 valence electrons. The van der Waals surface area contributed by atoms with Crippen LogP contribution in [0.15, 0.2) is 48.2 Å². The lowest BCUT2D eigenvalue weighted by Gasteiger charge is -2.32. The van der Waals surface area contributed by atoms with Crippen molar-refractivity contribution in [3.05, 3.63) is 63.9 Å². The van der Waals surface area contributed by atoms with E-state index in [1.165, 1.54) is 47.5 Å². The van der Waals surface area contributed by atoms with E-state index in [-0.39, 0.29) is 23.4 Å². The zero-order chi connectivity index (χ0) is 22.9. The summed E-state index contributed by atoms with van der Waals surface area (Å²) >= 11 is 0. The highest BCUT2D eigenvalue weighted by atomic mass is 16.6. The molecule has 11 nitrogen and oxygen atoms in total. The minimum Gasteiger partial charge on any atom is -0.465 e. The average molecular weight is 425 g/mol. The van der Waals surface area contributed by atoms with E-state index in [0.717, 1.165) is 0 Å². The van der Waals surface area contributed by atoms with Gasteiger partial charge in [0.15, 0.2) is 5.41 Å². The summed E-state index contributed by atoms with van der Waals surface area (Å²) in [7, 11) is 0. The third-order valence-corrected chi connectivity index (χ3v) is 5.48. The highest BCUT2D eigenvalue weighted by molar-refractivity contribution is 5.96. The first kappa shape index (κ1) is 21.5. The number of carbonyl (C=O) groups excluding carboxylic acids is 3. The number of primary amides is 2. The number of hydrogen-bond acceptors (Lipinski definition) is 8. The quantitative estimate of drug-likeness (QED) is 0.368. The Kier molecular flexibility index (Phi) is 5.49. The number of fused-ring (bicyclic) bond motifs is 1. The lowest BCUT2D eigenvalue weighted by molar-refractivity contribution is -0.384. The van der Waals surface area contributed by atoms with E-state index in [0.29, 0.717) is 0 Å². The highest BCUT2D eigenvalue weighted by Crippen LogP contribution is 2.54. The Balaban J connectivity index is 2.31. The number of carbonyl (C=O) groups is 3. The third-order valence-electron chi connectivity index (χ3n) is 5.48. The molecule has 4 atom stereocenters. The molecule has 0 unspecified atom stereocenters. The minimum absolute atomic E-state index is 0.0377. The van der Waals surface area contributed by atoms with Crippen molar-refractivity contribution in [3.63, 3.8) is 0 Å². The number of benzene rings is 1. The molecule has 1 aromatic rings. The van der Waals surface area contributed by atoms with Crippen LogP contribution in [0, 0.1) is 26.9 Å². The molecule has 2 amide bonds. The molecule has 0 saturated carbocycles. The van der Waals surface area contributed by atoms with Gasteiger partial charge < -0.3 is 21.1 Å². The van der Waals surface area contributed by atoms with Crippen LogP contribution in [-0.2, 0) is 19.1 Å². The monoisotopic (exact) mass is 425 g/mol. The van der Waals surface area contributed by atoms with Crippen molar-refractivity contribution in [2.24, 2.45) is 16.9 Å². The van der Waals surface area contributed by atoms with Gasteiger partial charge in [-0.25, -0.2) is 0 Å². The molecule has 0 aromatic heterocycles. The van der Waals surface area contributed by atoms with Gasteiger partial charge in [-0.3, -0.25) is 24.5 Å². The zero-order valence-electron chi connectivity index (χ0n) is 16.4. The summed E-state index contributed by atoms with van der Waals surface area (Å²) in [5, 5.41) is 21.5. The van der Waals surface area contributed by atoms with Gasteiger partial charge in [0.25, 0.3) is 5.69 Å². The molecule has 0 spiro atoms. The van der Waals surface area contributed by atoms with Crippen LogP contribution in [0.5, 0.6) is 0 Å². The Bertz CT molecular complexity index is 1070. The first-order chi connectivity index (χ1) is 14.7. The van der Waals surface area contributed by atoms with Gasteiger partial charge in [0.1, 0.15) is 6.04 Å². The number of nitrogens with zero attached hydrogens (tertiary/aromatic N) is 3. The first-order valence-electron chi connectivity index (χ1n) is 9.28. The van der Waals surface area contributed by atoms with Gasteiger partial charge in [0.05, 0.1) is 29.2 Å². The fourth-order valence-electron chi connectivity index (χ4n) is 4.24. The lowest BCUT2D eigenvalue weighted by Crippen LogP contribution is -2.45. The molecule has 2 heterocycles. The molecule has 1 fully saturated rings. The molecule has 1 saturated heterocycles. The predicted octanol–water partition coefficient (Wildman–Crippen LogP) is 0.229. The van der Waals surface area contributed by atoms with Gasteiger partial charge in [-0.15, -0.1) is 0 Å². The summed E-state index contributed by atoms with van der Waals surface area (Å²) in [4.78, 5) is 49.3. The Morgan fingerprint density at radius 3 is 2.61 bits per heavy atom. The molecule has 0 radical (unpaired) electrons. The number of nitriles is 1. The van der Waals surface area contributed by atoms with Crippen molar-refractivity contribution < 1.29 is 24.0 Å². The van der Waals surface area contributed by atoms with Crippen LogP contribution >= 0.6 is 0 Å². The van der Waals surface area contributed by atoms with E-state index >= 15 is 0 Å². The van der Waals surface area contributed by atoms with Crippen molar-refractivity contribution in [2.45, 2.75) is 24.9 Å². The second kappa shape index (κ2) is 7.91. The molecule has 2 aliphatic rings. The number of hydrogen-bond donors (Lipinski definition) is 2. The summed E-state index contributed by atoms with van der Waals surface area (Å²) in [6, 6.07) is 4.98. The van der Waals surface area contributed by atoms with Crippen molar-refractivity contribution in [3.8, 4) is 6.07 Å². The number of nitrogens with two attached hydrogens (primary N) is 2. The molecule has 0 aliphatic carbocycles. The zero-order valence-corrected chi connectivity index (χ0v) is 16.4. The normalized spacial score (nSPS) is 26.4. The first-order valence-corrected chi connectivity index (χ1v) is 9.28. The van der Waals surface area contributed by atoms with Gasteiger partial charge in [-0.1, -0.05) is 18.2 Å². The van der Waals surface area contributed by atoms with Gasteiger partial charge in [-0.05, 0) is 18.6 Å². The van der Waals surface area contributed by atoms with E-state index in [4.69, 9.17) is 16.2 Å². The molecular formula is C20H19N5O6. The fraction of sp³-hybridized carbons (Fsp3) is 0.300. The van der Waals surface area contributed by atoms with Crippen LogP contribution in [0.2, 0.25) is 0 Å². The molecule has 0 bridgehead atoms. The Morgan fingerprint density at radius 2 is 2.06 bits per heavy atom. The van der Waals surface area contributed by atoms with Gasteiger partial charge in [-0.2, -0.15) is 5.26 Å². The summed E-state index contributed by atoms with van der Waals surface area (Å²) in [6.45, 7) is 1.52. The number of ether oxygens (including phenoxy) is 1. The summed E-state index contributed by atoms with van der Waals surface area (Å²) in [6.07, 6.45) is 4.03. The van der Waals surface area contributed by atoms with Crippen LogP contribution in [-0.4, -0.2) is 46.3 Å². The van der Waals surface area contributed by atoms with E-state index in [1.54, 1.807) is 6.92 Å². The maximum absolute atomic E-state index is 13.1. The van der Waals surface area contributed by atoms with Gasteiger partial charge in [0, 0.05) is 24.3 Å². The fourth-order valence-corrected chi connectivity index (χ4v) is 4.24. The number of amides is 2. The SMILES string of the molecule is CCOC(=O)[C@]1(C#N)[C@@H]2C=CC(C(N)=O)=CN2[C@@H](C(N)=O)[C@@H]1c1cccc([N+](=O)[O-])c1.